The van der Waals surface area contributed by atoms with Crippen LogP contribution in [0.15, 0.2) is 29.2 Å². The van der Waals surface area contributed by atoms with E-state index >= 15 is 0 Å². The maximum absolute atomic E-state index is 10.4. The molecule has 1 rings (SSSR count). The third kappa shape index (κ3) is 7.45. The van der Waals surface area contributed by atoms with E-state index in [2.05, 4.69) is 13.8 Å². The number of hydrogen-bond donors (Lipinski definition) is 2. The molecule has 0 fully saturated rings. The molecule has 0 spiro atoms. The van der Waals surface area contributed by atoms with E-state index in [9.17, 15) is 8.42 Å². The van der Waals surface area contributed by atoms with Crippen molar-refractivity contribution in [2.45, 2.75) is 18.8 Å². The number of aromatic hydroxyl groups is 1. The van der Waals surface area contributed by atoms with E-state index in [1.54, 1.807) is 0 Å². The van der Waals surface area contributed by atoms with Crippen LogP contribution in [-0.2, 0) is 10.1 Å². The molecule has 0 radical (unpaired) electrons. The van der Waals surface area contributed by atoms with Crippen molar-refractivity contribution in [1.82, 2.24) is 0 Å². The minimum absolute atomic E-state index is 0.449. The first-order valence-corrected chi connectivity index (χ1v) is 7.75. The average molecular weight is 256 g/mol. The Morgan fingerprint density at radius 2 is 1.67 bits per heavy atom. The summed E-state index contributed by atoms with van der Waals surface area (Å²) < 4.78 is 30.4. The normalized spacial score (nSPS) is 10.8. The fraction of sp³-hybridized carbons (Fsp3) is 0.333. The summed E-state index contributed by atoms with van der Waals surface area (Å²) in [6.45, 7) is 4.50. The molecule has 0 aliphatic carbocycles. The molecule has 0 bridgehead atoms. The van der Waals surface area contributed by atoms with Crippen molar-refractivity contribution in [3.05, 3.63) is 24.3 Å². The van der Waals surface area contributed by atoms with Crippen LogP contribution >= 0.6 is 0 Å². The molecule has 6 heteroatoms. The van der Waals surface area contributed by atoms with Crippen molar-refractivity contribution in [2.75, 3.05) is 0 Å². The van der Waals surface area contributed by atoms with Gasteiger partial charge in [-0.15, -0.1) is 0 Å². The van der Waals surface area contributed by atoms with Crippen molar-refractivity contribution in [3.63, 3.8) is 0 Å². The minimum Gasteiger partial charge on any atom is -0.506 e. The molecule has 0 unspecified atom stereocenters. The number of phenols is 1. The van der Waals surface area contributed by atoms with Crippen LogP contribution in [0.5, 0.6) is 5.75 Å². The fourth-order valence-electron chi connectivity index (χ4n) is 0.675. The topological polar surface area (TPSA) is 74.6 Å². The maximum Gasteiger partial charge on any atom is 0.298 e. The Balaban J connectivity index is 0.000000423. The van der Waals surface area contributed by atoms with Gasteiger partial charge in [0.1, 0.15) is 10.6 Å². The first kappa shape index (κ1) is 15.6. The summed E-state index contributed by atoms with van der Waals surface area (Å²) in [5, 5.41) is 8.91. The fourth-order valence-corrected chi connectivity index (χ4v) is 1.26. The van der Waals surface area contributed by atoms with Crippen molar-refractivity contribution in [2.24, 2.45) is 0 Å². The molecule has 2 N–H and O–H groups in total. The zero-order valence-electron chi connectivity index (χ0n) is 9.01. The van der Waals surface area contributed by atoms with Crippen LogP contribution in [0.2, 0.25) is 0.0125 Å². The monoisotopic (exact) mass is 256 g/mol. The first-order chi connectivity index (χ1) is 6.75. The molecule has 15 heavy (non-hydrogen) atoms. The number of benzene rings is 1. The second-order valence-electron chi connectivity index (χ2n) is 3.67. The third-order valence-electron chi connectivity index (χ3n) is 1.14. The zero-order chi connectivity index (χ0) is 12.1. The maximum atomic E-state index is 10.4. The molecule has 0 saturated heterocycles. The molecule has 1 aromatic carbocycles. The van der Waals surface area contributed by atoms with Crippen LogP contribution in [0.25, 0.3) is 0 Å². The van der Waals surface area contributed by atoms with E-state index < -0.39 is 20.8 Å². The third-order valence-corrected chi connectivity index (χ3v) is 2.04. The van der Waals surface area contributed by atoms with Gasteiger partial charge >= 0.3 is 62.8 Å². The van der Waals surface area contributed by atoms with Gasteiger partial charge in [-0.1, -0.05) is 12.1 Å². The minimum atomic E-state index is -4.28. The van der Waals surface area contributed by atoms with E-state index in [-0.39, 0.29) is 0 Å². The molecule has 4 nitrogen and oxygen atoms in total. The number of para-hydroxylation sites is 1. The van der Waals surface area contributed by atoms with Crippen LogP contribution in [0.4, 0.5) is 0 Å². The molecule has 0 saturated carbocycles. The van der Waals surface area contributed by atoms with Gasteiger partial charge in [-0.2, -0.15) is 8.42 Å². The van der Waals surface area contributed by atoms with Gasteiger partial charge in [0.25, 0.3) is 10.1 Å². The Bertz CT molecular complexity index is 398. The van der Waals surface area contributed by atoms with Gasteiger partial charge in [0, 0.05) is 0 Å². The predicted molar refractivity (Wildman–Crippen MR) is 58.8 cm³/mol. The smallest absolute Gasteiger partial charge is 0.298 e. The van der Waals surface area contributed by atoms with Gasteiger partial charge in [0.05, 0.1) is 0 Å². The summed E-state index contributed by atoms with van der Waals surface area (Å²) in [5.41, 5.74) is 0. The summed E-state index contributed by atoms with van der Waals surface area (Å²) in [7, 11) is -4.28. The predicted octanol–water partition coefficient (Wildman–Crippen LogP) is 1.62. The molecular formula is C9H13KO4S. The number of rotatable bonds is 1. The van der Waals surface area contributed by atoms with Crippen LogP contribution in [0, 0.1) is 0 Å². The van der Waals surface area contributed by atoms with Gasteiger partial charge in [0.15, 0.2) is 0 Å². The van der Waals surface area contributed by atoms with Crippen LogP contribution in [0.1, 0.15) is 13.8 Å². The van der Waals surface area contributed by atoms with Crippen LogP contribution in [0.3, 0.4) is 0 Å². The number of phenolic OH excluding ortho intramolecular Hbond substituents is 1. The molecule has 0 aliphatic rings. The molecule has 0 aromatic heterocycles. The largest absolute Gasteiger partial charge is 0.506 e. The second kappa shape index (κ2) is 7.00. The Kier molecular flexibility index (Phi) is 7.27. The number of hydrogen-bond acceptors (Lipinski definition) is 3. The Morgan fingerprint density at radius 3 is 1.93 bits per heavy atom. The van der Waals surface area contributed by atoms with Crippen molar-refractivity contribution < 1.29 is 18.1 Å². The standard InChI is InChI=1S/C6H6O4S.C3H7.K/c7-5-3-1-2-4-6(5)11(8,9)10;1-3-2;/h1-4,7H,(H,8,9,10);3H,1-2H3;. The summed E-state index contributed by atoms with van der Waals surface area (Å²) in [6, 6.07) is 5.17. The van der Waals surface area contributed by atoms with Crippen LogP contribution < -0.4 is 0 Å². The van der Waals surface area contributed by atoms with Gasteiger partial charge in [0.2, 0.25) is 0 Å². The van der Waals surface area contributed by atoms with Crippen molar-refractivity contribution in [3.8, 4) is 5.75 Å². The van der Waals surface area contributed by atoms with E-state index in [4.69, 9.17) is 9.66 Å². The van der Waals surface area contributed by atoms with E-state index in [0.717, 1.165) is 55.0 Å². The van der Waals surface area contributed by atoms with Gasteiger partial charge in [-0.25, -0.2) is 0 Å². The summed E-state index contributed by atoms with van der Waals surface area (Å²) in [6.07, 6.45) is 0. The summed E-state index contributed by atoms with van der Waals surface area (Å²) in [4.78, 5) is -0.472. The molecule has 80 valence electrons. The Labute approximate surface area is 124 Å². The van der Waals surface area contributed by atoms with Gasteiger partial charge in [-0.3, -0.25) is 4.55 Å². The zero-order valence-corrected chi connectivity index (χ0v) is 12.9. The van der Waals surface area contributed by atoms with Gasteiger partial charge < -0.3 is 5.11 Å². The van der Waals surface area contributed by atoms with Gasteiger partial charge in [-0.05, 0) is 12.1 Å². The van der Waals surface area contributed by atoms with E-state index in [0.29, 0.717) is 0 Å². The molecular weight excluding hydrogens is 243 g/mol. The van der Waals surface area contributed by atoms with Crippen LogP contribution in [-0.4, -0.2) is 67.0 Å². The Hall–Kier alpha value is 0.566. The molecule has 1 aromatic rings. The first-order valence-electron chi connectivity index (χ1n) is 4.50. The van der Waals surface area contributed by atoms with E-state index in [1.807, 2.05) is 0 Å². The molecule has 0 heterocycles. The molecule has 0 aliphatic heterocycles. The van der Waals surface area contributed by atoms with E-state index in [1.165, 1.54) is 18.2 Å². The Morgan fingerprint density at radius 1 is 1.27 bits per heavy atom. The SMILES string of the molecule is C[CH](C)[K].O=S(=O)(O)c1ccccc1O. The second-order valence-corrected chi connectivity index (χ2v) is 8.67. The van der Waals surface area contributed by atoms with Crippen molar-refractivity contribution >= 4 is 59.1 Å². The average Bonchev–Trinajstić information content (AvgIpc) is 2.01. The van der Waals surface area contributed by atoms with Crippen molar-refractivity contribution in [1.29, 1.82) is 0 Å². The molecule has 0 amide bonds. The molecule has 0 atom stereocenters. The quantitative estimate of drug-likeness (QED) is 0.591. The summed E-state index contributed by atoms with van der Waals surface area (Å²) in [5.74, 6) is -0.449. The summed E-state index contributed by atoms with van der Waals surface area (Å²) >= 11 is 1.06.